The van der Waals surface area contributed by atoms with Crippen LogP contribution in [-0.2, 0) is 75.8 Å². The molecule has 484 valence electrons. The summed E-state index contributed by atoms with van der Waals surface area (Å²) >= 11 is 1.65. The standard InChI is InChI=1S/C59H75N13O17S/c1-40(73)34-68(37-53(76)77)48(56(82)83)18-9-10-23-60-51(75)22-28-71-36-43(64-66-71)33-61-58(86)88-29-11-24-67-26-20-41(45-14-5-6-15-46(45)67)31-52-72(47-16-7-8-19-50(47)90-52)25-12-30-89-59(87)62-32-42-35-70(65-63-42)27-21-44(74)13-3-2-4-17-49(57(84)85)69(38-54(78)79)39-55(80)81/h5-8,14-16,19-20,26,31,35-36,48-49H,1-4,9-13,17-18,21-25,27-30,32-34,37-39H2,(H8-,60,61,62,73,75,76,77,78,79,80,81,82,83,84,85,86,87)/p+1. The number of ether oxygens (including phenoxy) is 2. The molecule has 0 aliphatic carbocycles. The molecule has 0 radical (unpaired) electrons. The number of Topliss-reactive ketones (excluding diaryl/α,β-unsaturated/α-hetero) is 1. The molecule has 3 amide bonds. The summed E-state index contributed by atoms with van der Waals surface area (Å²) in [6, 6.07) is 15.7. The lowest BCUT2D eigenvalue weighted by Crippen LogP contribution is -2.46. The van der Waals surface area contributed by atoms with Gasteiger partial charge in [-0.25, -0.2) is 9.59 Å². The van der Waals surface area contributed by atoms with Crippen molar-refractivity contribution in [3.05, 3.63) is 108 Å². The maximum absolute atomic E-state index is 12.7. The summed E-state index contributed by atoms with van der Waals surface area (Å²) in [5, 5.41) is 82.4. The van der Waals surface area contributed by atoms with Crippen LogP contribution in [0, 0.1) is 0 Å². The topological polar surface area (TPSA) is 405 Å². The molecule has 0 saturated carbocycles. The molecule has 5 aromatic rings. The molecule has 2 aromatic carbocycles. The molecule has 31 heteroatoms. The zero-order valence-electron chi connectivity index (χ0n) is 49.6. The summed E-state index contributed by atoms with van der Waals surface area (Å²) in [5.41, 5.74) is 3.93. The number of nitrogens with zero attached hydrogens (tertiary/aromatic N) is 10. The Morgan fingerprint density at radius 3 is 1.80 bits per heavy atom. The van der Waals surface area contributed by atoms with E-state index in [-0.39, 0.29) is 102 Å². The molecule has 6 rings (SSSR count). The van der Waals surface area contributed by atoms with E-state index in [0.29, 0.717) is 69.4 Å². The molecule has 0 fully saturated rings. The zero-order chi connectivity index (χ0) is 65.0. The number of rotatable bonds is 42. The van der Waals surface area contributed by atoms with Gasteiger partial charge in [-0.05, 0) is 68.4 Å². The van der Waals surface area contributed by atoms with E-state index in [9.17, 15) is 58.5 Å². The number of amides is 3. The summed E-state index contributed by atoms with van der Waals surface area (Å²) in [5.74, 6) is -7.12. The molecule has 3 aromatic heterocycles. The SMILES string of the molecule is C=C(O)CN(CC(=O)O)C(CCCCNC(=O)CCn1cc(CNC(=O)OCCC[n+]2ccc(C=C3Sc4ccccc4N3CCCOC(=O)NCc3cn(CCC(=O)CCCCCC(C(=O)O)N(CC(=O)O)CC(=O)O)nn3)c3ccccc32)nn1)C(=O)O. The molecule has 90 heavy (non-hydrogen) atoms. The van der Waals surface area contributed by atoms with Crippen LogP contribution in [0.1, 0.15) is 94.0 Å². The first kappa shape index (κ1) is 69.6. The lowest BCUT2D eigenvalue weighted by molar-refractivity contribution is -0.672. The largest absolute Gasteiger partial charge is 0.512 e. The van der Waals surface area contributed by atoms with Crippen LogP contribution >= 0.6 is 11.8 Å². The van der Waals surface area contributed by atoms with Crippen molar-refractivity contribution in [3.8, 4) is 0 Å². The van der Waals surface area contributed by atoms with Crippen LogP contribution in [0.4, 0.5) is 15.3 Å². The number of alkyl carbamates (subject to hydrolysis) is 2. The van der Waals surface area contributed by atoms with Gasteiger partial charge in [0, 0.05) is 62.3 Å². The Morgan fingerprint density at radius 1 is 0.622 bits per heavy atom. The Balaban J connectivity index is 0.868. The molecule has 1 aliphatic heterocycles. The van der Waals surface area contributed by atoms with E-state index in [1.165, 1.54) is 9.36 Å². The van der Waals surface area contributed by atoms with Gasteiger partial charge in [-0.3, -0.25) is 52.7 Å². The molecule has 1 aliphatic rings. The maximum atomic E-state index is 12.7. The summed E-state index contributed by atoms with van der Waals surface area (Å²) < 4.78 is 16.1. The van der Waals surface area contributed by atoms with E-state index in [4.69, 9.17) is 24.8 Å². The summed E-state index contributed by atoms with van der Waals surface area (Å²) in [7, 11) is 0. The minimum absolute atomic E-state index is 0.0321. The molecule has 30 nitrogen and oxygen atoms in total. The number of thioether (sulfide) groups is 1. The number of hydrogen-bond acceptors (Lipinski definition) is 20. The quantitative estimate of drug-likeness (QED) is 0.0150. The van der Waals surface area contributed by atoms with Gasteiger partial charge in [0.2, 0.25) is 11.4 Å². The number of aliphatic carboxylic acids is 5. The average Bonchev–Trinajstić information content (AvgIpc) is 1.55. The van der Waals surface area contributed by atoms with Gasteiger partial charge in [-0.1, -0.05) is 65.9 Å². The molecule has 4 heterocycles. The van der Waals surface area contributed by atoms with Gasteiger partial charge in [-0.2, -0.15) is 4.57 Å². The van der Waals surface area contributed by atoms with E-state index in [0.717, 1.165) is 41.9 Å². The first-order valence-corrected chi connectivity index (χ1v) is 30.0. The predicted octanol–water partition coefficient (Wildman–Crippen LogP) is 4.28. The number of pyridine rings is 1. The highest BCUT2D eigenvalue weighted by molar-refractivity contribution is 8.03. The fourth-order valence-corrected chi connectivity index (χ4v) is 11.0. The highest BCUT2D eigenvalue weighted by Crippen LogP contribution is 2.46. The van der Waals surface area contributed by atoms with Crippen molar-refractivity contribution in [1.29, 1.82) is 0 Å². The maximum Gasteiger partial charge on any atom is 0.407 e. The number of aryl methyl sites for hydroxylation is 3. The molecule has 2 atom stereocenters. The van der Waals surface area contributed by atoms with Crippen molar-refractivity contribution in [2.24, 2.45) is 0 Å². The van der Waals surface area contributed by atoms with E-state index >= 15 is 0 Å². The Labute approximate surface area is 521 Å². The van der Waals surface area contributed by atoms with Gasteiger partial charge in [0.15, 0.2) is 12.7 Å². The van der Waals surface area contributed by atoms with Crippen molar-refractivity contribution < 1.29 is 87.8 Å². The third-order valence-electron chi connectivity index (χ3n) is 14.1. The third kappa shape index (κ3) is 23.6. The normalized spacial score (nSPS) is 13.0. The van der Waals surface area contributed by atoms with Crippen molar-refractivity contribution in [3.63, 3.8) is 0 Å². The lowest BCUT2D eigenvalue weighted by Gasteiger charge is -2.26. The summed E-state index contributed by atoms with van der Waals surface area (Å²) in [6.07, 6.45) is 9.90. The number of aromatic nitrogens is 7. The van der Waals surface area contributed by atoms with Crippen LogP contribution < -0.4 is 25.4 Å². The molecular formula is C59H76N13O17S+. The molecule has 0 saturated heterocycles. The van der Waals surface area contributed by atoms with Crippen LogP contribution in [-0.4, -0.2) is 189 Å². The summed E-state index contributed by atoms with van der Waals surface area (Å²) in [6.45, 7) is 3.22. The highest BCUT2D eigenvalue weighted by Gasteiger charge is 2.30. The second-order valence-electron chi connectivity index (χ2n) is 21.1. The first-order valence-electron chi connectivity index (χ1n) is 29.2. The highest BCUT2D eigenvalue weighted by atomic mass is 32.2. The number of benzene rings is 2. The number of aliphatic hydroxyl groups is 1. The molecular weight excluding hydrogens is 1190 g/mol. The van der Waals surface area contributed by atoms with Crippen LogP contribution in [0.2, 0.25) is 0 Å². The Kier molecular flexibility index (Phi) is 27.9. The Hall–Kier alpha value is -9.49. The number of carbonyl (C=O) groups is 9. The zero-order valence-corrected chi connectivity index (χ0v) is 50.4. The average molecular weight is 1270 g/mol. The molecule has 0 spiro atoms. The number of fused-ring (bicyclic) bond motifs is 2. The fraction of sp³-hybridized carbons (Fsp3) is 0.458. The smallest absolute Gasteiger partial charge is 0.407 e. The van der Waals surface area contributed by atoms with E-state index in [1.807, 2.05) is 42.6 Å². The van der Waals surface area contributed by atoms with Gasteiger partial charge in [0.05, 0.1) is 93.3 Å². The number of carbonyl (C=O) groups excluding carboxylic acids is 4. The van der Waals surface area contributed by atoms with Gasteiger partial charge in [0.25, 0.3) is 0 Å². The lowest BCUT2D eigenvalue weighted by atomic mass is 10.0. The number of hydrogen-bond donors (Lipinski definition) is 9. The monoisotopic (exact) mass is 1270 g/mol. The second kappa shape index (κ2) is 36.1. The molecule has 0 bridgehead atoms. The number of carboxylic acids is 5. The molecule has 2 unspecified atom stereocenters. The van der Waals surface area contributed by atoms with Gasteiger partial charge in [-0.15, -0.1) is 10.2 Å². The summed E-state index contributed by atoms with van der Waals surface area (Å²) in [4.78, 5) is 113. The van der Waals surface area contributed by atoms with Gasteiger partial charge in [0.1, 0.15) is 29.3 Å². The first-order chi connectivity index (χ1) is 43.2. The number of para-hydroxylation sites is 2. The Morgan fingerprint density at radius 2 is 1.19 bits per heavy atom. The minimum Gasteiger partial charge on any atom is -0.512 e. The number of carboxylic acid groups (broad SMARTS) is 5. The number of ketones is 1. The van der Waals surface area contributed by atoms with Crippen molar-refractivity contribution >= 4 is 88.2 Å². The van der Waals surface area contributed by atoms with Crippen LogP contribution in [0.3, 0.4) is 0 Å². The fourth-order valence-electron chi connectivity index (χ4n) is 9.85. The third-order valence-corrected chi connectivity index (χ3v) is 15.2. The van der Waals surface area contributed by atoms with Crippen molar-refractivity contribution in [1.82, 2.24) is 55.7 Å². The number of aliphatic hydroxyl groups excluding tert-OH is 1. The van der Waals surface area contributed by atoms with Crippen molar-refractivity contribution in [2.75, 3.05) is 57.4 Å². The molecule has 9 N–H and O–H groups in total. The number of unbranched alkanes of at least 4 members (excludes halogenated alkanes) is 3. The van der Waals surface area contributed by atoms with Crippen molar-refractivity contribution in [2.45, 2.75) is 127 Å². The minimum atomic E-state index is -1.34. The second-order valence-corrected chi connectivity index (χ2v) is 22.1. The van der Waals surface area contributed by atoms with Crippen LogP contribution in [0.5, 0.6) is 0 Å². The van der Waals surface area contributed by atoms with Gasteiger partial charge < -0.3 is 61.0 Å². The number of anilines is 1. The van der Waals surface area contributed by atoms with Gasteiger partial charge >= 0.3 is 42.0 Å². The van der Waals surface area contributed by atoms with E-state index in [1.54, 1.807) is 24.2 Å². The van der Waals surface area contributed by atoms with E-state index in [2.05, 4.69) is 76.9 Å². The predicted molar refractivity (Wildman–Crippen MR) is 322 cm³/mol. The van der Waals surface area contributed by atoms with E-state index < -0.39 is 73.8 Å². The Bertz CT molecular complexity index is 3310. The van der Waals surface area contributed by atoms with Crippen LogP contribution in [0.15, 0.2) is 95.5 Å². The van der Waals surface area contributed by atoms with Crippen LogP contribution in [0.25, 0.3) is 17.0 Å². The number of nitrogens with one attached hydrogen (secondary N) is 3.